The Labute approximate surface area is 161 Å². The second kappa shape index (κ2) is 6.93. The molecule has 4 rings (SSSR count). The molecule has 1 N–H and O–H groups in total. The molecule has 0 unspecified atom stereocenters. The monoisotopic (exact) mass is 460 g/mol. The van der Waals surface area contributed by atoms with E-state index in [-0.39, 0.29) is 12.5 Å². The molecule has 2 aromatic carbocycles. The molecule has 0 aliphatic rings. The maximum Gasteiger partial charge on any atom is 0.244 e. The minimum absolute atomic E-state index is 0.0852. The van der Waals surface area contributed by atoms with Crippen LogP contribution in [-0.2, 0) is 11.3 Å². The Morgan fingerprint density at radius 1 is 1.16 bits per heavy atom. The summed E-state index contributed by atoms with van der Waals surface area (Å²) in [5.74, 6) is 0.680. The van der Waals surface area contributed by atoms with Crippen LogP contribution in [0.2, 0.25) is 0 Å². The number of hydrogen-bond donors (Lipinski definition) is 1. The van der Waals surface area contributed by atoms with Crippen molar-refractivity contribution in [1.29, 1.82) is 0 Å². The molecule has 0 radical (unpaired) electrons. The first-order valence-corrected chi connectivity index (χ1v) is 9.57. The molecule has 0 aliphatic carbocycles. The Morgan fingerprint density at radius 2 is 1.96 bits per heavy atom. The summed E-state index contributed by atoms with van der Waals surface area (Å²) in [6, 6.07) is 15.6. The Kier molecular flexibility index (Phi) is 4.50. The van der Waals surface area contributed by atoms with E-state index in [2.05, 4.69) is 37.9 Å². The van der Waals surface area contributed by atoms with Crippen LogP contribution in [0.4, 0.5) is 5.69 Å². The van der Waals surface area contributed by atoms with E-state index in [0.717, 1.165) is 31.0 Å². The second-order valence-corrected chi connectivity index (χ2v) is 7.45. The van der Waals surface area contributed by atoms with Crippen LogP contribution in [0, 0.1) is 3.57 Å². The Morgan fingerprint density at radius 3 is 2.76 bits per heavy atom. The van der Waals surface area contributed by atoms with Crippen molar-refractivity contribution in [2.24, 2.45) is 0 Å². The van der Waals surface area contributed by atoms with Gasteiger partial charge in [0, 0.05) is 9.77 Å². The van der Waals surface area contributed by atoms with E-state index in [1.54, 1.807) is 11.7 Å². The number of nitrogens with one attached hydrogen (secondary N) is 1. The van der Waals surface area contributed by atoms with E-state index in [1.807, 2.05) is 53.1 Å². The SMILES string of the molecule is O=C(Cn1c(-c2cncs2)nc2ccccc21)Nc1ccccc1I. The van der Waals surface area contributed by atoms with Gasteiger partial charge < -0.3 is 9.88 Å². The van der Waals surface area contributed by atoms with Crippen molar-refractivity contribution in [1.82, 2.24) is 14.5 Å². The van der Waals surface area contributed by atoms with Crippen molar-refractivity contribution in [3.05, 3.63) is 63.8 Å². The lowest BCUT2D eigenvalue weighted by Crippen LogP contribution is -2.19. The third kappa shape index (κ3) is 3.29. The summed E-state index contributed by atoms with van der Waals surface area (Å²) in [4.78, 5) is 22.4. The van der Waals surface area contributed by atoms with E-state index in [4.69, 9.17) is 0 Å². The van der Waals surface area contributed by atoms with Crippen LogP contribution in [0.5, 0.6) is 0 Å². The third-order valence-electron chi connectivity index (χ3n) is 3.76. The first-order chi connectivity index (χ1) is 12.2. The minimum Gasteiger partial charge on any atom is -0.324 e. The predicted molar refractivity (Wildman–Crippen MR) is 109 cm³/mol. The fourth-order valence-electron chi connectivity index (χ4n) is 2.65. The molecule has 0 atom stereocenters. The van der Waals surface area contributed by atoms with Gasteiger partial charge in [-0.3, -0.25) is 9.78 Å². The lowest BCUT2D eigenvalue weighted by atomic mass is 10.3. The highest BCUT2D eigenvalue weighted by Crippen LogP contribution is 2.27. The lowest BCUT2D eigenvalue weighted by molar-refractivity contribution is -0.116. The maximum absolute atomic E-state index is 12.6. The fraction of sp³-hybridized carbons (Fsp3) is 0.0556. The van der Waals surface area contributed by atoms with Crippen molar-refractivity contribution >= 4 is 56.6 Å². The zero-order valence-corrected chi connectivity index (χ0v) is 16.0. The second-order valence-electron chi connectivity index (χ2n) is 5.40. The number of carbonyl (C=O) groups is 1. The number of anilines is 1. The highest BCUT2D eigenvalue weighted by molar-refractivity contribution is 14.1. The number of halogens is 1. The molecule has 2 heterocycles. The number of benzene rings is 2. The molecule has 25 heavy (non-hydrogen) atoms. The summed E-state index contributed by atoms with van der Waals surface area (Å²) in [7, 11) is 0. The van der Waals surface area contributed by atoms with Gasteiger partial charge in [0.15, 0.2) is 5.82 Å². The van der Waals surface area contributed by atoms with Crippen LogP contribution < -0.4 is 5.32 Å². The van der Waals surface area contributed by atoms with Crippen molar-refractivity contribution in [3.8, 4) is 10.7 Å². The number of para-hydroxylation sites is 3. The van der Waals surface area contributed by atoms with E-state index >= 15 is 0 Å². The molecule has 7 heteroatoms. The molecule has 0 spiro atoms. The number of fused-ring (bicyclic) bond motifs is 1. The summed E-state index contributed by atoms with van der Waals surface area (Å²) in [5.41, 5.74) is 4.39. The van der Waals surface area contributed by atoms with Gasteiger partial charge in [-0.05, 0) is 46.9 Å². The van der Waals surface area contributed by atoms with Crippen LogP contribution >= 0.6 is 33.9 Å². The molecule has 2 aromatic heterocycles. The molecule has 0 saturated heterocycles. The topological polar surface area (TPSA) is 59.8 Å². The normalized spacial score (nSPS) is 10.9. The first-order valence-electron chi connectivity index (χ1n) is 7.61. The van der Waals surface area contributed by atoms with E-state index in [0.29, 0.717) is 0 Å². The van der Waals surface area contributed by atoms with Gasteiger partial charge >= 0.3 is 0 Å². The molecular formula is C18H13IN4OS. The molecule has 0 aliphatic heterocycles. The van der Waals surface area contributed by atoms with E-state index in [9.17, 15) is 4.79 Å². The van der Waals surface area contributed by atoms with Crippen LogP contribution in [0.15, 0.2) is 60.2 Å². The number of hydrogen-bond acceptors (Lipinski definition) is 4. The predicted octanol–water partition coefficient (Wildman–Crippen LogP) is 4.40. The number of aromatic nitrogens is 3. The van der Waals surface area contributed by atoms with Crippen LogP contribution in [0.25, 0.3) is 21.7 Å². The zero-order valence-electron chi connectivity index (χ0n) is 13.0. The first kappa shape index (κ1) is 16.2. The number of carbonyl (C=O) groups excluding carboxylic acids is 1. The molecule has 0 bridgehead atoms. The van der Waals surface area contributed by atoms with Crippen LogP contribution in [0.1, 0.15) is 0 Å². The van der Waals surface area contributed by atoms with E-state index in [1.165, 1.54) is 11.3 Å². The van der Waals surface area contributed by atoms with Crippen molar-refractivity contribution in [3.63, 3.8) is 0 Å². The smallest absolute Gasteiger partial charge is 0.244 e. The van der Waals surface area contributed by atoms with Crippen molar-refractivity contribution in [2.45, 2.75) is 6.54 Å². The third-order valence-corrected chi connectivity index (χ3v) is 5.47. The molecule has 5 nitrogen and oxygen atoms in total. The number of nitrogens with zero attached hydrogens (tertiary/aromatic N) is 3. The van der Waals surface area contributed by atoms with Gasteiger partial charge in [0.05, 0.1) is 27.1 Å². The number of imidazole rings is 1. The van der Waals surface area contributed by atoms with Gasteiger partial charge in [0.2, 0.25) is 5.91 Å². The Balaban J connectivity index is 1.70. The van der Waals surface area contributed by atoms with Crippen molar-refractivity contribution < 1.29 is 4.79 Å². The molecular weight excluding hydrogens is 447 g/mol. The standard InChI is InChI=1S/C18H13IN4OS/c19-12-5-1-2-6-13(12)21-17(24)10-23-15-8-4-3-7-14(15)22-18(23)16-9-20-11-25-16/h1-9,11H,10H2,(H,21,24). The molecule has 0 fully saturated rings. The Hall–Kier alpha value is -2.26. The van der Waals surface area contributed by atoms with E-state index < -0.39 is 0 Å². The summed E-state index contributed by atoms with van der Waals surface area (Å²) < 4.78 is 2.94. The number of rotatable bonds is 4. The lowest BCUT2D eigenvalue weighted by Gasteiger charge is -2.10. The average Bonchev–Trinajstić information content (AvgIpc) is 3.25. The number of thiazole rings is 1. The fourth-order valence-corrected chi connectivity index (χ4v) is 3.79. The quantitative estimate of drug-likeness (QED) is 0.460. The molecule has 4 aromatic rings. The van der Waals surface area contributed by atoms with Crippen LogP contribution in [-0.4, -0.2) is 20.4 Å². The summed E-state index contributed by atoms with van der Waals surface area (Å²) in [5, 5.41) is 2.98. The summed E-state index contributed by atoms with van der Waals surface area (Å²) in [6.45, 7) is 0.193. The Bertz CT molecular complexity index is 1040. The number of amides is 1. The summed E-state index contributed by atoms with van der Waals surface area (Å²) >= 11 is 3.72. The zero-order chi connectivity index (χ0) is 17.2. The highest BCUT2D eigenvalue weighted by Gasteiger charge is 2.16. The van der Waals surface area contributed by atoms with Crippen molar-refractivity contribution in [2.75, 3.05) is 5.32 Å². The maximum atomic E-state index is 12.6. The highest BCUT2D eigenvalue weighted by atomic mass is 127. The molecule has 1 amide bonds. The molecule has 0 saturated carbocycles. The van der Waals surface area contributed by atoms with Gasteiger partial charge in [-0.15, -0.1) is 11.3 Å². The largest absolute Gasteiger partial charge is 0.324 e. The minimum atomic E-state index is -0.0852. The van der Waals surface area contributed by atoms with Gasteiger partial charge in [0.1, 0.15) is 6.54 Å². The van der Waals surface area contributed by atoms with Gasteiger partial charge in [-0.1, -0.05) is 24.3 Å². The van der Waals surface area contributed by atoms with Gasteiger partial charge in [-0.25, -0.2) is 4.98 Å². The average molecular weight is 460 g/mol. The van der Waals surface area contributed by atoms with Crippen LogP contribution in [0.3, 0.4) is 0 Å². The van der Waals surface area contributed by atoms with Gasteiger partial charge in [0.25, 0.3) is 0 Å². The molecule has 124 valence electrons. The van der Waals surface area contributed by atoms with Gasteiger partial charge in [-0.2, -0.15) is 0 Å². The summed E-state index contributed by atoms with van der Waals surface area (Å²) in [6.07, 6.45) is 1.78.